The second-order valence-corrected chi connectivity index (χ2v) is 7.10. The Morgan fingerprint density at radius 3 is 2.41 bits per heavy atom. The number of alkyl halides is 2. The Labute approximate surface area is 167 Å². The summed E-state index contributed by atoms with van der Waals surface area (Å²) < 4.78 is 33.7. The van der Waals surface area contributed by atoms with Crippen molar-refractivity contribution >= 4 is 11.6 Å². The topological polar surface area (TPSA) is 59.7 Å². The van der Waals surface area contributed by atoms with Crippen LogP contribution in [0, 0.1) is 0 Å². The van der Waals surface area contributed by atoms with Crippen LogP contribution in [0.1, 0.15) is 48.2 Å². The minimum atomic E-state index is -2.75. The van der Waals surface area contributed by atoms with Crippen LogP contribution in [-0.4, -0.2) is 45.6 Å². The van der Waals surface area contributed by atoms with Crippen LogP contribution in [0.2, 0.25) is 0 Å². The Morgan fingerprint density at radius 1 is 1.10 bits per heavy atom. The molecule has 3 aromatic rings. The number of fused-ring (bicyclic) bond motifs is 1. The summed E-state index contributed by atoms with van der Waals surface area (Å²) in [5.41, 5.74) is 1.13. The van der Waals surface area contributed by atoms with E-state index in [1.807, 2.05) is 0 Å². The molecule has 3 heterocycles. The summed E-state index contributed by atoms with van der Waals surface area (Å²) in [6.07, 6.45) is 2.66. The predicted octanol–water partition coefficient (Wildman–Crippen LogP) is 4.36. The summed E-state index contributed by atoms with van der Waals surface area (Å²) in [5.74, 6) is 0.451. The molecular formula is C21H22F2N4O2. The van der Waals surface area contributed by atoms with Gasteiger partial charge in [0.15, 0.2) is 5.65 Å². The van der Waals surface area contributed by atoms with Crippen LogP contribution in [0.15, 0.2) is 36.5 Å². The van der Waals surface area contributed by atoms with Crippen LogP contribution in [-0.2, 0) is 0 Å². The van der Waals surface area contributed by atoms with E-state index in [9.17, 15) is 13.6 Å². The van der Waals surface area contributed by atoms with Gasteiger partial charge < -0.3 is 9.64 Å². The van der Waals surface area contributed by atoms with Gasteiger partial charge >= 0.3 is 0 Å². The summed E-state index contributed by atoms with van der Waals surface area (Å²) in [4.78, 5) is 19.4. The van der Waals surface area contributed by atoms with Crippen molar-refractivity contribution in [2.24, 2.45) is 0 Å². The Kier molecular flexibility index (Phi) is 5.42. The van der Waals surface area contributed by atoms with Crippen LogP contribution in [0.4, 0.5) is 8.78 Å². The van der Waals surface area contributed by atoms with Gasteiger partial charge in [-0.1, -0.05) is 12.8 Å². The molecule has 1 amide bonds. The normalized spacial score (nSPS) is 15.0. The van der Waals surface area contributed by atoms with Gasteiger partial charge in [-0.25, -0.2) is 18.3 Å². The predicted molar refractivity (Wildman–Crippen MR) is 104 cm³/mol. The zero-order chi connectivity index (χ0) is 20.4. The number of methoxy groups -OCH3 is 1. The van der Waals surface area contributed by atoms with Crippen molar-refractivity contribution in [1.29, 1.82) is 0 Å². The van der Waals surface area contributed by atoms with Crippen molar-refractivity contribution in [2.45, 2.75) is 32.1 Å². The van der Waals surface area contributed by atoms with Gasteiger partial charge in [0, 0.05) is 18.7 Å². The van der Waals surface area contributed by atoms with Crippen LogP contribution in [0.3, 0.4) is 0 Å². The number of amides is 1. The molecule has 0 unspecified atom stereocenters. The molecule has 0 N–H and O–H groups in total. The molecule has 1 aliphatic heterocycles. The summed E-state index contributed by atoms with van der Waals surface area (Å²) in [6.45, 7) is 1.33. The van der Waals surface area contributed by atoms with Gasteiger partial charge in [0.1, 0.15) is 17.0 Å². The maximum Gasteiger partial charge on any atom is 0.280 e. The number of nitrogens with zero attached hydrogens (tertiary/aromatic N) is 4. The van der Waals surface area contributed by atoms with Crippen molar-refractivity contribution < 1.29 is 18.3 Å². The van der Waals surface area contributed by atoms with E-state index >= 15 is 0 Å². The minimum absolute atomic E-state index is 0.155. The first kappa shape index (κ1) is 19.3. The molecule has 1 aromatic carbocycles. The molecule has 2 aromatic heterocycles. The Morgan fingerprint density at radius 2 is 1.79 bits per heavy atom. The van der Waals surface area contributed by atoms with Crippen molar-refractivity contribution in [3.05, 3.63) is 47.8 Å². The molecule has 0 aliphatic carbocycles. The Bertz CT molecular complexity index is 1010. The van der Waals surface area contributed by atoms with Gasteiger partial charge in [0.25, 0.3) is 12.3 Å². The molecule has 1 saturated heterocycles. The Balaban J connectivity index is 1.80. The van der Waals surface area contributed by atoms with E-state index in [-0.39, 0.29) is 22.8 Å². The number of benzene rings is 1. The highest BCUT2D eigenvalue weighted by atomic mass is 19.3. The molecule has 0 atom stereocenters. The average molecular weight is 400 g/mol. The maximum absolute atomic E-state index is 13.7. The Hall–Kier alpha value is -3.03. The fourth-order valence-electron chi connectivity index (χ4n) is 3.65. The second kappa shape index (κ2) is 8.14. The molecule has 0 saturated carbocycles. The summed E-state index contributed by atoms with van der Waals surface area (Å²) >= 11 is 0. The lowest BCUT2D eigenvalue weighted by atomic mass is 10.1. The first-order valence-electron chi connectivity index (χ1n) is 9.69. The highest BCUT2D eigenvalue weighted by molar-refractivity contribution is 6.00. The van der Waals surface area contributed by atoms with Crippen LogP contribution < -0.4 is 4.74 Å². The van der Waals surface area contributed by atoms with E-state index in [1.54, 1.807) is 36.3 Å². The number of ether oxygens (including phenoxy) is 1. The molecule has 0 radical (unpaired) electrons. The zero-order valence-electron chi connectivity index (χ0n) is 16.1. The van der Waals surface area contributed by atoms with Gasteiger partial charge in [-0.3, -0.25) is 4.79 Å². The summed E-state index contributed by atoms with van der Waals surface area (Å²) in [5, 5.41) is 4.05. The van der Waals surface area contributed by atoms with E-state index < -0.39 is 6.43 Å². The average Bonchev–Trinajstić information content (AvgIpc) is 2.97. The fraction of sp³-hybridized carbons (Fsp3) is 0.381. The number of rotatable bonds is 4. The third-order valence-electron chi connectivity index (χ3n) is 5.23. The van der Waals surface area contributed by atoms with Gasteiger partial charge in [-0.05, 0) is 43.2 Å². The monoisotopic (exact) mass is 400 g/mol. The van der Waals surface area contributed by atoms with Crippen molar-refractivity contribution in [3.63, 3.8) is 0 Å². The molecule has 0 bridgehead atoms. The molecule has 6 nitrogen and oxygen atoms in total. The standard InChI is InChI=1S/C21H22F2N4O2/c1-29-15-8-6-14(7-9-15)17-12-18(19(22)23)27-20(25-17)16(13-24-27)21(28)26-10-4-2-3-5-11-26/h6-9,12-13,19H,2-5,10-11H2,1H3. The summed E-state index contributed by atoms with van der Waals surface area (Å²) in [6, 6.07) is 8.29. The molecule has 152 valence electrons. The highest BCUT2D eigenvalue weighted by Crippen LogP contribution is 2.28. The molecular weight excluding hydrogens is 378 g/mol. The number of aromatic nitrogens is 3. The first-order valence-corrected chi connectivity index (χ1v) is 9.69. The van der Waals surface area contributed by atoms with E-state index in [0.717, 1.165) is 30.2 Å². The minimum Gasteiger partial charge on any atom is -0.497 e. The molecule has 0 spiro atoms. The van der Waals surface area contributed by atoms with Gasteiger partial charge in [0.05, 0.1) is 19.0 Å². The van der Waals surface area contributed by atoms with Crippen LogP contribution in [0.5, 0.6) is 5.75 Å². The third-order valence-corrected chi connectivity index (χ3v) is 5.23. The summed E-state index contributed by atoms with van der Waals surface area (Å²) in [7, 11) is 1.56. The van der Waals surface area contributed by atoms with E-state index in [0.29, 0.717) is 30.1 Å². The van der Waals surface area contributed by atoms with E-state index in [4.69, 9.17) is 4.74 Å². The lowest BCUT2D eigenvalue weighted by Crippen LogP contribution is -2.31. The number of carbonyl (C=O) groups is 1. The van der Waals surface area contributed by atoms with Crippen LogP contribution >= 0.6 is 0 Å². The lowest BCUT2D eigenvalue weighted by Gasteiger charge is -2.19. The second-order valence-electron chi connectivity index (χ2n) is 7.10. The van der Waals surface area contributed by atoms with Gasteiger partial charge in [0.2, 0.25) is 0 Å². The fourth-order valence-corrected chi connectivity index (χ4v) is 3.65. The molecule has 1 fully saturated rings. The van der Waals surface area contributed by atoms with Gasteiger partial charge in [-0.2, -0.15) is 5.10 Å². The molecule has 8 heteroatoms. The number of hydrogen-bond acceptors (Lipinski definition) is 4. The molecule has 4 rings (SSSR count). The third kappa shape index (κ3) is 3.79. The molecule has 1 aliphatic rings. The number of halogens is 2. The first-order chi connectivity index (χ1) is 14.1. The van der Waals surface area contributed by atoms with Gasteiger partial charge in [-0.15, -0.1) is 0 Å². The maximum atomic E-state index is 13.7. The van der Waals surface area contributed by atoms with Crippen LogP contribution in [0.25, 0.3) is 16.9 Å². The highest BCUT2D eigenvalue weighted by Gasteiger charge is 2.25. The number of carbonyl (C=O) groups excluding carboxylic acids is 1. The smallest absolute Gasteiger partial charge is 0.280 e. The SMILES string of the molecule is COc1ccc(-c2cc(C(F)F)n3ncc(C(=O)N4CCCCCC4)c3n2)cc1. The zero-order valence-corrected chi connectivity index (χ0v) is 16.1. The van der Waals surface area contributed by atoms with Crippen molar-refractivity contribution in [1.82, 2.24) is 19.5 Å². The van der Waals surface area contributed by atoms with Crippen molar-refractivity contribution in [3.8, 4) is 17.0 Å². The van der Waals surface area contributed by atoms with E-state index in [1.165, 1.54) is 12.3 Å². The number of likely N-dealkylation sites (tertiary alicyclic amines) is 1. The van der Waals surface area contributed by atoms with E-state index in [2.05, 4.69) is 10.1 Å². The van der Waals surface area contributed by atoms with Crippen molar-refractivity contribution in [2.75, 3.05) is 20.2 Å². The molecule has 29 heavy (non-hydrogen) atoms. The lowest BCUT2D eigenvalue weighted by molar-refractivity contribution is 0.0763. The number of hydrogen-bond donors (Lipinski definition) is 0. The largest absolute Gasteiger partial charge is 0.497 e. The quantitative estimate of drug-likeness (QED) is 0.653.